The summed E-state index contributed by atoms with van der Waals surface area (Å²) in [5.74, 6) is 0.671. The molecular weight excluding hydrogens is 510 g/mol. The van der Waals surface area contributed by atoms with Gasteiger partial charge in [-0.1, -0.05) is 61.5 Å². The molecule has 8 heteroatoms. The molecule has 4 aromatic rings. The Labute approximate surface area is 232 Å². The average molecular weight is 542 g/mol. The fraction of sp³-hybridized carbons (Fsp3) is 0.258. The maximum atomic E-state index is 12.4. The number of hydrogen-bond acceptors (Lipinski definition) is 7. The largest absolute Gasteiger partial charge is 0.392 e. The van der Waals surface area contributed by atoms with Crippen LogP contribution in [-0.4, -0.2) is 32.8 Å². The van der Waals surface area contributed by atoms with E-state index in [1.165, 1.54) is 0 Å². The topological polar surface area (TPSA) is 93.6 Å². The van der Waals surface area contributed by atoms with Gasteiger partial charge in [0.25, 0.3) is 5.91 Å². The Balaban J connectivity index is 1.30. The highest BCUT2D eigenvalue weighted by Gasteiger charge is 2.38. The lowest BCUT2D eigenvalue weighted by Gasteiger charge is -2.41. The molecule has 0 bridgehead atoms. The lowest BCUT2D eigenvalue weighted by molar-refractivity contribution is -0.268. The Morgan fingerprint density at radius 3 is 2.38 bits per heavy atom. The van der Waals surface area contributed by atoms with Crippen LogP contribution in [0.4, 0.5) is 0 Å². The summed E-state index contributed by atoms with van der Waals surface area (Å²) in [6, 6.07) is 25.2. The summed E-state index contributed by atoms with van der Waals surface area (Å²) in [7, 11) is 0. The van der Waals surface area contributed by atoms with Crippen molar-refractivity contribution in [1.29, 1.82) is 0 Å². The minimum Gasteiger partial charge on any atom is -0.392 e. The van der Waals surface area contributed by atoms with E-state index in [9.17, 15) is 9.90 Å². The van der Waals surface area contributed by atoms with Crippen LogP contribution in [0.15, 0.2) is 102 Å². The zero-order valence-electron chi connectivity index (χ0n) is 21.6. The number of aromatic nitrogens is 2. The SMILES string of the molecule is CC1C(CSc2ccccn2)OC(c2ccc(CNC(=O)c3cccnc3)cc2)OC1c1ccc(CO)cc1. The number of carbonyl (C=O) groups is 1. The summed E-state index contributed by atoms with van der Waals surface area (Å²) < 4.78 is 13.0. The number of carbonyl (C=O) groups excluding carboxylic acids is 1. The molecule has 1 aliphatic rings. The van der Waals surface area contributed by atoms with Crippen LogP contribution in [0.25, 0.3) is 0 Å². The zero-order valence-corrected chi connectivity index (χ0v) is 22.5. The van der Waals surface area contributed by atoms with Crippen molar-refractivity contribution in [2.24, 2.45) is 5.92 Å². The molecule has 4 atom stereocenters. The standard InChI is InChI=1S/C31H31N3O4S/c1-21-27(20-39-28-6-2-3-16-33-28)37-31(38-29(21)24-11-9-23(19-35)10-12-24)25-13-7-22(8-14-25)17-34-30(36)26-5-4-15-32-18-26/h2-16,18,21,27,29,31,35H,17,19-20H2,1H3,(H,34,36). The molecule has 1 amide bonds. The average Bonchev–Trinajstić information content (AvgIpc) is 3.00. The first-order valence-electron chi connectivity index (χ1n) is 12.9. The van der Waals surface area contributed by atoms with Crippen LogP contribution in [0.3, 0.4) is 0 Å². The molecule has 0 spiro atoms. The van der Waals surface area contributed by atoms with E-state index in [4.69, 9.17) is 9.47 Å². The molecule has 1 aliphatic heterocycles. The molecule has 1 fully saturated rings. The third-order valence-corrected chi connectivity index (χ3v) is 7.82. The number of ether oxygens (including phenoxy) is 2. The number of benzene rings is 2. The molecule has 0 radical (unpaired) electrons. The van der Waals surface area contributed by atoms with E-state index < -0.39 is 6.29 Å². The number of aliphatic hydroxyl groups is 1. The number of thioether (sulfide) groups is 1. The van der Waals surface area contributed by atoms with Crippen molar-refractivity contribution in [3.05, 3.63) is 125 Å². The zero-order chi connectivity index (χ0) is 27.0. The van der Waals surface area contributed by atoms with Crippen molar-refractivity contribution >= 4 is 17.7 Å². The minimum atomic E-state index is -0.544. The van der Waals surface area contributed by atoms with Gasteiger partial charge in [-0.3, -0.25) is 9.78 Å². The third kappa shape index (κ3) is 6.91. The first-order valence-corrected chi connectivity index (χ1v) is 13.9. The number of aliphatic hydroxyl groups excluding tert-OH is 1. The summed E-state index contributed by atoms with van der Waals surface area (Å²) in [6.07, 6.45) is 4.19. The summed E-state index contributed by atoms with van der Waals surface area (Å²) in [4.78, 5) is 20.8. The molecule has 0 aliphatic carbocycles. The second kappa shape index (κ2) is 13.0. The Bertz CT molecular complexity index is 1340. The van der Waals surface area contributed by atoms with E-state index >= 15 is 0 Å². The molecule has 3 heterocycles. The monoisotopic (exact) mass is 541 g/mol. The van der Waals surface area contributed by atoms with E-state index in [1.807, 2.05) is 66.7 Å². The molecular formula is C31H31N3O4S. The van der Waals surface area contributed by atoms with Crippen LogP contribution in [0.1, 0.15) is 51.9 Å². The molecule has 0 saturated carbocycles. The summed E-state index contributed by atoms with van der Waals surface area (Å²) in [5, 5.41) is 13.4. The van der Waals surface area contributed by atoms with Gasteiger partial charge in [0.15, 0.2) is 6.29 Å². The molecule has 5 rings (SSSR count). The van der Waals surface area contributed by atoms with Gasteiger partial charge in [-0.05, 0) is 41.0 Å². The predicted molar refractivity (Wildman–Crippen MR) is 150 cm³/mol. The molecule has 200 valence electrons. The van der Waals surface area contributed by atoms with Crippen molar-refractivity contribution in [1.82, 2.24) is 15.3 Å². The van der Waals surface area contributed by atoms with Crippen molar-refractivity contribution in [3.8, 4) is 0 Å². The van der Waals surface area contributed by atoms with Gasteiger partial charge < -0.3 is 19.9 Å². The van der Waals surface area contributed by atoms with Gasteiger partial charge in [0.1, 0.15) is 0 Å². The third-order valence-electron chi connectivity index (χ3n) is 6.79. The molecule has 1 saturated heterocycles. The molecule has 2 aromatic carbocycles. The van der Waals surface area contributed by atoms with Crippen molar-refractivity contribution in [2.75, 3.05) is 5.75 Å². The minimum absolute atomic E-state index is 0.00543. The van der Waals surface area contributed by atoms with E-state index in [-0.39, 0.29) is 30.6 Å². The smallest absolute Gasteiger partial charge is 0.253 e. The molecule has 39 heavy (non-hydrogen) atoms. The Morgan fingerprint density at radius 1 is 0.923 bits per heavy atom. The molecule has 2 N–H and O–H groups in total. The second-order valence-corrected chi connectivity index (χ2v) is 10.5. The van der Waals surface area contributed by atoms with Gasteiger partial charge in [0.05, 0.1) is 29.4 Å². The number of pyridine rings is 2. The second-order valence-electron chi connectivity index (χ2n) is 9.47. The van der Waals surface area contributed by atoms with Crippen LogP contribution in [0, 0.1) is 5.92 Å². The number of nitrogens with zero attached hydrogens (tertiary/aromatic N) is 2. The fourth-order valence-corrected chi connectivity index (χ4v) is 5.51. The van der Waals surface area contributed by atoms with Gasteiger partial charge in [-0.25, -0.2) is 4.98 Å². The normalized spacial score (nSPS) is 20.9. The van der Waals surface area contributed by atoms with E-state index in [2.05, 4.69) is 22.2 Å². The van der Waals surface area contributed by atoms with Crippen molar-refractivity contribution < 1.29 is 19.4 Å². The highest BCUT2D eigenvalue weighted by molar-refractivity contribution is 7.99. The Kier molecular flexibility index (Phi) is 9.00. The van der Waals surface area contributed by atoms with Crippen LogP contribution in [-0.2, 0) is 22.6 Å². The van der Waals surface area contributed by atoms with Gasteiger partial charge in [0, 0.05) is 42.4 Å². The van der Waals surface area contributed by atoms with Crippen LogP contribution < -0.4 is 5.32 Å². The van der Waals surface area contributed by atoms with Gasteiger partial charge >= 0.3 is 0 Å². The Hall–Kier alpha value is -3.56. The van der Waals surface area contributed by atoms with Crippen molar-refractivity contribution in [2.45, 2.75) is 43.6 Å². The molecule has 7 nitrogen and oxygen atoms in total. The number of amides is 1. The van der Waals surface area contributed by atoms with Crippen LogP contribution >= 0.6 is 11.8 Å². The quantitative estimate of drug-likeness (QED) is 0.271. The van der Waals surface area contributed by atoms with Gasteiger partial charge in [0.2, 0.25) is 0 Å². The van der Waals surface area contributed by atoms with Gasteiger partial charge in [-0.2, -0.15) is 0 Å². The van der Waals surface area contributed by atoms with Gasteiger partial charge in [-0.15, -0.1) is 11.8 Å². The van der Waals surface area contributed by atoms with E-state index in [0.717, 1.165) is 33.0 Å². The maximum Gasteiger partial charge on any atom is 0.253 e. The van der Waals surface area contributed by atoms with Crippen LogP contribution in [0.2, 0.25) is 0 Å². The molecule has 4 unspecified atom stereocenters. The lowest BCUT2D eigenvalue weighted by Crippen LogP contribution is -2.38. The Morgan fingerprint density at radius 2 is 1.69 bits per heavy atom. The first kappa shape index (κ1) is 27.0. The predicted octanol–water partition coefficient (Wildman–Crippen LogP) is 5.48. The highest BCUT2D eigenvalue weighted by Crippen LogP contribution is 2.42. The fourth-order valence-electron chi connectivity index (χ4n) is 4.48. The maximum absolute atomic E-state index is 12.4. The number of hydrogen-bond donors (Lipinski definition) is 2. The van der Waals surface area contributed by atoms with E-state index in [0.29, 0.717) is 12.1 Å². The summed E-state index contributed by atoms with van der Waals surface area (Å²) in [6.45, 7) is 2.56. The number of nitrogens with one attached hydrogen (secondary N) is 1. The molecule has 2 aromatic heterocycles. The van der Waals surface area contributed by atoms with E-state index in [1.54, 1.807) is 42.5 Å². The number of rotatable bonds is 9. The first-order chi connectivity index (χ1) is 19.1. The lowest BCUT2D eigenvalue weighted by atomic mass is 9.91. The summed E-state index contributed by atoms with van der Waals surface area (Å²) >= 11 is 1.67. The van der Waals surface area contributed by atoms with Crippen molar-refractivity contribution in [3.63, 3.8) is 0 Å². The van der Waals surface area contributed by atoms with Crippen LogP contribution in [0.5, 0.6) is 0 Å². The summed E-state index contributed by atoms with van der Waals surface area (Å²) in [5.41, 5.74) is 4.33. The highest BCUT2D eigenvalue weighted by atomic mass is 32.2.